The molecule has 1 saturated carbocycles. The van der Waals surface area contributed by atoms with Crippen LogP contribution < -0.4 is 10.6 Å². The van der Waals surface area contributed by atoms with Gasteiger partial charge in [-0.2, -0.15) is 0 Å². The lowest BCUT2D eigenvalue weighted by molar-refractivity contribution is -0.122. The highest BCUT2D eigenvalue weighted by Gasteiger charge is 2.44. The van der Waals surface area contributed by atoms with Crippen LogP contribution in [0.15, 0.2) is 24.3 Å². The number of carbonyl (C=O) groups is 1. The molecule has 0 spiro atoms. The third-order valence-electron chi connectivity index (χ3n) is 4.27. The van der Waals surface area contributed by atoms with E-state index in [1.807, 2.05) is 6.07 Å². The average molecular weight is 299 g/mol. The number of hydrogen-bond donors (Lipinski definition) is 2. The molecule has 1 aliphatic carbocycles. The molecule has 1 unspecified atom stereocenters. The maximum Gasteiger partial charge on any atom is 0.237 e. The third-order valence-corrected chi connectivity index (χ3v) is 4.27. The summed E-state index contributed by atoms with van der Waals surface area (Å²) in [5.41, 5.74) is 0.975. The lowest BCUT2D eigenvalue weighted by atomic mass is 9.95. The standard InChI is InChI=1S/C15H19FN2O.ClH/c16-12-4-1-3-11(9-12)15(6-7-15)10-18-14(19)13-5-2-8-17-13;/h1,3-4,9,13,17H,2,5-8,10H2,(H,18,19);1H. The van der Waals surface area contributed by atoms with E-state index >= 15 is 0 Å². The van der Waals surface area contributed by atoms with Gasteiger partial charge in [-0.25, -0.2) is 4.39 Å². The van der Waals surface area contributed by atoms with Gasteiger partial charge < -0.3 is 10.6 Å². The van der Waals surface area contributed by atoms with Crippen molar-refractivity contribution in [2.24, 2.45) is 0 Å². The normalized spacial score (nSPS) is 22.9. The Kier molecular flexibility index (Phi) is 4.66. The summed E-state index contributed by atoms with van der Waals surface area (Å²) in [6.45, 7) is 1.54. The highest BCUT2D eigenvalue weighted by atomic mass is 35.5. The molecule has 1 atom stereocenters. The summed E-state index contributed by atoms with van der Waals surface area (Å²) in [6, 6.07) is 6.71. The van der Waals surface area contributed by atoms with E-state index in [4.69, 9.17) is 0 Å². The van der Waals surface area contributed by atoms with Gasteiger partial charge in [0.05, 0.1) is 6.04 Å². The molecule has 1 saturated heterocycles. The van der Waals surface area contributed by atoms with Gasteiger partial charge in [-0.3, -0.25) is 4.79 Å². The van der Waals surface area contributed by atoms with E-state index in [0.717, 1.165) is 37.8 Å². The number of halogens is 2. The maximum absolute atomic E-state index is 13.3. The minimum absolute atomic E-state index is 0. The van der Waals surface area contributed by atoms with Gasteiger partial charge in [-0.05, 0) is 49.9 Å². The minimum Gasteiger partial charge on any atom is -0.354 e. The first-order chi connectivity index (χ1) is 9.20. The van der Waals surface area contributed by atoms with Crippen LogP contribution in [-0.2, 0) is 10.2 Å². The molecule has 2 N–H and O–H groups in total. The molecule has 1 aromatic rings. The molecular formula is C15H20ClFN2O. The van der Waals surface area contributed by atoms with E-state index < -0.39 is 0 Å². The Morgan fingerprint density at radius 1 is 1.45 bits per heavy atom. The van der Waals surface area contributed by atoms with Crippen LogP contribution in [0.5, 0.6) is 0 Å². The average Bonchev–Trinajstić information content (AvgIpc) is 3.00. The van der Waals surface area contributed by atoms with E-state index in [1.165, 1.54) is 6.07 Å². The van der Waals surface area contributed by atoms with Crippen molar-refractivity contribution in [3.63, 3.8) is 0 Å². The van der Waals surface area contributed by atoms with E-state index in [2.05, 4.69) is 10.6 Å². The summed E-state index contributed by atoms with van der Waals surface area (Å²) in [5, 5.41) is 6.21. The van der Waals surface area contributed by atoms with E-state index in [9.17, 15) is 9.18 Å². The molecule has 0 radical (unpaired) electrons. The second-order valence-electron chi connectivity index (χ2n) is 5.66. The lowest BCUT2D eigenvalue weighted by Gasteiger charge is -2.18. The number of hydrogen-bond acceptors (Lipinski definition) is 2. The fourth-order valence-corrected chi connectivity index (χ4v) is 2.82. The Morgan fingerprint density at radius 3 is 2.85 bits per heavy atom. The van der Waals surface area contributed by atoms with Crippen LogP contribution in [0.25, 0.3) is 0 Å². The number of benzene rings is 1. The van der Waals surface area contributed by atoms with Gasteiger partial charge in [-0.15, -0.1) is 12.4 Å². The topological polar surface area (TPSA) is 41.1 Å². The predicted molar refractivity (Wildman–Crippen MR) is 78.6 cm³/mol. The van der Waals surface area contributed by atoms with Crippen molar-refractivity contribution in [1.82, 2.24) is 10.6 Å². The van der Waals surface area contributed by atoms with Crippen molar-refractivity contribution < 1.29 is 9.18 Å². The summed E-state index contributed by atoms with van der Waals surface area (Å²) in [7, 11) is 0. The quantitative estimate of drug-likeness (QED) is 0.894. The Morgan fingerprint density at radius 2 is 2.25 bits per heavy atom. The van der Waals surface area contributed by atoms with Gasteiger partial charge in [0, 0.05) is 12.0 Å². The second kappa shape index (κ2) is 6.10. The van der Waals surface area contributed by atoms with E-state index in [1.54, 1.807) is 12.1 Å². The molecule has 0 aromatic heterocycles. The first-order valence-corrected chi connectivity index (χ1v) is 6.97. The summed E-state index contributed by atoms with van der Waals surface area (Å²) >= 11 is 0. The molecule has 1 aliphatic heterocycles. The zero-order valence-corrected chi connectivity index (χ0v) is 12.1. The van der Waals surface area contributed by atoms with Crippen molar-refractivity contribution in [2.75, 3.05) is 13.1 Å². The van der Waals surface area contributed by atoms with Crippen LogP contribution in [0.2, 0.25) is 0 Å². The summed E-state index contributed by atoms with van der Waals surface area (Å²) in [5.74, 6) is -0.118. The van der Waals surface area contributed by atoms with Crippen LogP contribution in [0.4, 0.5) is 4.39 Å². The first-order valence-electron chi connectivity index (χ1n) is 6.97. The third kappa shape index (κ3) is 3.13. The largest absolute Gasteiger partial charge is 0.354 e. The Bertz CT molecular complexity index is 485. The molecule has 20 heavy (non-hydrogen) atoms. The van der Waals surface area contributed by atoms with Crippen LogP contribution in [0.3, 0.4) is 0 Å². The molecule has 3 nitrogen and oxygen atoms in total. The van der Waals surface area contributed by atoms with E-state index in [-0.39, 0.29) is 35.6 Å². The van der Waals surface area contributed by atoms with E-state index in [0.29, 0.717) is 6.54 Å². The van der Waals surface area contributed by atoms with Crippen molar-refractivity contribution in [2.45, 2.75) is 37.1 Å². The van der Waals surface area contributed by atoms with Crippen molar-refractivity contribution in [3.05, 3.63) is 35.6 Å². The van der Waals surface area contributed by atoms with Crippen molar-refractivity contribution in [3.8, 4) is 0 Å². The van der Waals surface area contributed by atoms with Crippen molar-refractivity contribution >= 4 is 18.3 Å². The van der Waals surface area contributed by atoms with Crippen LogP contribution >= 0.6 is 12.4 Å². The molecule has 1 amide bonds. The molecule has 2 fully saturated rings. The second-order valence-corrected chi connectivity index (χ2v) is 5.66. The molecule has 110 valence electrons. The fourth-order valence-electron chi connectivity index (χ4n) is 2.82. The van der Waals surface area contributed by atoms with Gasteiger partial charge >= 0.3 is 0 Å². The molecule has 5 heteroatoms. The molecule has 1 heterocycles. The lowest BCUT2D eigenvalue weighted by Crippen LogP contribution is -2.43. The van der Waals surface area contributed by atoms with Crippen molar-refractivity contribution in [1.29, 1.82) is 0 Å². The molecular weight excluding hydrogens is 279 g/mol. The Balaban J connectivity index is 0.00000147. The maximum atomic E-state index is 13.3. The fraction of sp³-hybridized carbons (Fsp3) is 0.533. The Hall–Kier alpha value is -1.13. The predicted octanol–water partition coefficient (Wildman–Crippen LogP) is 2.15. The van der Waals surface area contributed by atoms with Gasteiger partial charge in [-0.1, -0.05) is 12.1 Å². The van der Waals surface area contributed by atoms with Crippen LogP contribution in [0, 0.1) is 5.82 Å². The SMILES string of the molecule is Cl.O=C(NCC1(c2cccc(F)c2)CC1)C1CCCN1. The van der Waals surface area contributed by atoms with Gasteiger partial charge in [0.25, 0.3) is 0 Å². The highest BCUT2D eigenvalue weighted by molar-refractivity contribution is 5.85. The van der Waals surface area contributed by atoms with Crippen LogP contribution in [0.1, 0.15) is 31.2 Å². The van der Waals surface area contributed by atoms with Gasteiger partial charge in [0.1, 0.15) is 5.82 Å². The monoisotopic (exact) mass is 298 g/mol. The zero-order chi connectivity index (χ0) is 13.3. The smallest absolute Gasteiger partial charge is 0.237 e. The Labute approximate surface area is 124 Å². The van der Waals surface area contributed by atoms with Gasteiger partial charge in [0.15, 0.2) is 0 Å². The molecule has 3 rings (SSSR count). The first kappa shape index (κ1) is 15.3. The molecule has 0 bridgehead atoms. The van der Waals surface area contributed by atoms with Crippen LogP contribution in [-0.4, -0.2) is 25.0 Å². The summed E-state index contributed by atoms with van der Waals surface area (Å²) in [4.78, 5) is 12.0. The number of carbonyl (C=O) groups excluding carboxylic acids is 1. The minimum atomic E-state index is -0.201. The number of amides is 1. The summed E-state index contributed by atoms with van der Waals surface area (Å²) < 4.78 is 13.3. The molecule has 2 aliphatic rings. The van der Waals surface area contributed by atoms with Gasteiger partial charge in [0.2, 0.25) is 5.91 Å². The number of nitrogens with one attached hydrogen (secondary N) is 2. The summed E-state index contributed by atoms with van der Waals surface area (Å²) in [6.07, 6.45) is 4.02. The zero-order valence-electron chi connectivity index (χ0n) is 11.3. The highest BCUT2D eigenvalue weighted by Crippen LogP contribution is 2.47. The molecule has 1 aromatic carbocycles. The number of rotatable bonds is 4.